The number of hydrogen-bond donors (Lipinski definition) is 3. The second-order valence-corrected chi connectivity index (χ2v) is 5.27. The zero-order valence-electron chi connectivity index (χ0n) is 9.50. The van der Waals surface area contributed by atoms with Crippen LogP contribution < -0.4 is 15.2 Å². The molecule has 4 N–H and O–H groups in total. The van der Waals surface area contributed by atoms with Crippen molar-refractivity contribution in [2.75, 3.05) is 24.6 Å². The Kier molecular flexibility index (Phi) is 4.93. The quantitative estimate of drug-likeness (QED) is 0.462. The highest BCUT2D eigenvalue weighted by atomic mass is 32.2. The third-order valence-corrected chi connectivity index (χ3v) is 3.16. The molecule has 0 aromatic heterocycles. The maximum absolute atomic E-state index is 11.1. The van der Waals surface area contributed by atoms with Gasteiger partial charge in [-0.15, -0.1) is 0 Å². The molecule has 0 unspecified atom stereocenters. The van der Waals surface area contributed by atoms with Crippen molar-refractivity contribution < 1.29 is 23.1 Å². The average molecular weight is 274 g/mol. The van der Waals surface area contributed by atoms with Crippen LogP contribution in [0.4, 0.5) is 5.69 Å². The normalized spacial score (nSPS) is 11.1. The van der Waals surface area contributed by atoms with Gasteiger partial charge < -0.3 is 15.6 Å². The number of carboxylic acid groups (broad SMARTS) is 1. The van der Waals surface area contributed by atoms with Crippen LogP contribution in [-0.4, -0.2) is 38.4 Å². The number of carbonyl (C=O) groups is 1. The molecule has 0 bridgehead atoms. The topological polar surface area (TPSA) is 119 Å². The first-order valence-electron chi connectivity index (χ1n) is 5.06. The second kappa shape index (κ2) is 6.22. The predicted molar refractivity (Wildman–Crippen MR) is 65.8 cm³/mol. The van der Waals surface area contributed by atoms with E-state index in [1.54, 1.807) is 24.3 Å². The van der Waals surface area contributed by atoms with E-state index >= 15 is 0 Å². The molecular formula is C10H14N2O5S. The summed E-state index contributed by atoms with van der Waals surface area (Å²) in [5, 5.41) is 8.35. The Hall–Kier alpha value is -1.80. The van der Waals surface area contributed by atoms with Crippen LogP contribution in [-0.2, 0) is 14.8 Å². The van der Waals surface area contributed by atoms with Gasteiger partial charge in [0, 0.05) is 12.2 Å². The van der Waals surface area contributed by atoms with Crippen molar-refractivity contribution in [2.24, 2.45) is 0 Å². The molecule has 1 rings (SSSR count). The number of hydrogen-bond acceptors (Lipinski definition) is 5. The number of nitrogens with two attached hydrogens (primary N) is 1. The standard InChI is InChI=1S/C10H14N2O5S/c11-8-1-3-9(4-2-8)17-6-5-12-18(15,16)7-10(13)14/h1-4,12H,5-7,11H2,(H,13,14). The van der Waals surface area contributed by atoms with E-state index in [4.69, 9.17) is 15.6 Å². The number of ether oxygens (including phenoxy) is 1. The fourth-order valence-corrected chi connectivity index (χ4v) is 1.97. The molecule has 0 fully saturated rings. The van der Waals surface area contributed by atoms with Gasteiger partial charge in [0.25, 0.3) is 0 Å². The number of nitrogens with one attached hydrogen (secondary N) is 1. The van der Waals surface area contributed by atoms with Gasteiger partial charge in [-0.2, -0.15) is 0 Å². The Balaban J connectivity index is 2.31. The number of sulfonamides is 1. The number of aliphatic carboxylic acids is 1. The first-order chi connectivity index (χ1) is 8.39. The molecular weight excluding hydrogens is 260 g/mol. The Bertz CT molecular complexity index is 498. The molecule has 1 aromatic carbocycles. The number of nitrogen functional groups attached to an aromatic ring is 1. The van der Waals surface area contributed by atoms with E-state index in [0.29, 0.717) is 11.4 Å². The summed E-state index contributed by atoms with van der Waals surface area (Å²) in [6.07, 6.45) is 0. The fraction of sp³-hybridized carbons (Fsp3) is 0.300. The molecule has 0 aliphatic carbocycles. The molecule has 0 amide bonds. The molecule has 18 heavy (non-hydrogen) atoms. The molecule has 0 aliphatic rings. The van der Waals surface area contributed by atoms with Gasteiger partial charge in [0.1, 0.15) is 12.4 Å². The summed E-state index contributed by atoms with van der Waals surface area (Å²) in [7, 11) is -3.79. The number of rotatable bonds is 7. The van der Waals surface area contributed by atoms with Gasteiger partial charge in [0.2, 0.25) is 10.0 Å². The van der Waals surface area contributed by atoms with Crippen LogP contribution in [0.25, 0.3) is 0 Å². The Morgan fingerprint density at radius 1 is 1.33 bits per heavy atom. The molecule has 0 radical (unpaired) electrons. The number of anilines is 1. The SMILES string of the molecule is Nc1ccc(OCCNS(=O)(=O)CC(=O)O)cc1. The minimum atomic E-state index is -3.79. The number of benzene rings is 1. The molecule has 8 heteroatoms. The van der Waals surface area contributed by atoms with Crippen LogP contribution in [0, 0.1) is 0 Å². The van der Waals surface area contributed by atoms with Gasteiger partial charge in [-0.1, -0.05) is 0 Å². The molecule has 0 heterocycles. The minimum Gasteiger partial charge on any atom is -0.492 e. The first-order valence-corrected chi connectivity index (χ1v) is 6.72. The van der Waals surface area contributed by atoms with Crippen molar-refractivity contribution in [1.29, 1.82) is 0 Å². The van der Waals surface area contributed by atoms with Crippen LogP contribution in [0.1, 0.15) is 0 Å². The third-order valence-electron chi connectivity index (χ3n) is 1.89. The lowest BCUT2D eigenvalue weighted by atomic mass is 10.3. The van der Waals surface area contributed by atoms with E-state index in [-0.39, 0.29) is 13.2 Å². The zero-order chi connectivity index (χ0) is 13.6. The minimum absolute atomic E-state index is 0.0000102. The van der Waals surface area contributed by atoms with Gasteiger partial charge in [-0.3, -0.25) is 4.79 Å². The molecule has 0 atom stereocenters. The summed E-state index contributed by atoms with van der Waals surface area (Å²) in [6, 6.07) is 6.62. The second-order valence-electron chi connectivity index (χ2n) is 3.46. The summed E-state index contributed by atoms with van der Waals surface area (Å²) in [4.78, 5) is 10.2. The highest BCUT2D eigenvalue weighted by molar-refractivity contribution is 7.90. The predicted octanol–water partition coefficient (Wildman–Crippen LogP) is -0.348. The molecule has 0 saturated carbocycles. The summed E-state index contributed by atoms with van der Waals surface area (Å²) < 4.78 is 29.6. The Morgan fingerprint density at radius 3 is 2.50 bits per heavy atom. The van der Waals surface area contributed by atoms with Crippen molar-refractivity contribution in [1.82, 2.24) is 4.72 Å². The van der Waals surface area contributed by atoms with E-state index in [2.05, 4.69) is 4.72 Å². The largest absolute Gasteiger partial charge is 0.492 e. The maximum atomic E-state index is 11.1. The van der Waals surface area contributed by atoms with Crippen LogP contribution in [0.5, 0.6) is 5.75 Å². The van der Waals surface area contributed by atoms with Crippen LogP contribution in [0.3, 0.4) is 0 Å². The molecule has 100 valence electrons. The monoisotopic (exact) mass is 274 g/mol. The van der Waals surface area contributed by atoms with E-state index in [1.165, 1.54) is 0 Å². The van der Waals surface area contributed by atoms with Gasteiger partial charge in [-0.05, 0) is 24.3 Å². The van der Waals surface area contributed by atoms with Crippen molar-refractivity contribution in [3.63, 3.8) is 0 Å². The van der Waals surface area contributed by atoms with Gasteiger partial charge in [0.05, 0.1) is 0 Å². The van der Waals surface area contributed by atoms with Crippen LogP contribution in [0.2, 0.25) is 0 Å². The van der Waals surface area contributed by atoms with E-state index in [0.717, 1.165) is 0 Å². The summed E-state index contributed by atoms with van der Waals surface area (Å²) in [5.74, 6) is -1.79. The first kappa shape index (κ1) is 14.3. The highest BCUT2D eigenvalue weighted by Gasteiger charge is 2.14. The van der Waals surface area contributed by atoms with E-state index in [9.17, 15) is 13.2 Å². The molecule has 0 spiro atoms. The lowest BCUT2D eigenvalue weighted by Crippen LogP contribution is -2.32. The summed E-state index contributed by atoms with van der Waals surface area (Å²) in [5.41, 5.74) is 6.08. The Morgan fingerprint density at radius 2 is 1.94 bits per heavy atom. The lowest BCUT2D eigenvalue weighted by Gasteiger charge is -2.07. The highest BCUT2D eigenvalue weighted by Crippen LogP contribution is 2.12. The van der Waals surface area contributed by atoms with Crippen LogP contribution >= 0.6 is 0 Å². The average Bonchev–Trinajstić information content (AvgIpc) is 2.25. The van der Waals surface area contributed by atoms with Gasteiger partial charge >= 0.3 is 5.97 Å². The smallest absolute Gasteiger partial charge is 0.320 e. The molecule has 0 saturated heterocycles. The molecule has 0 aliphatic heterocycles. The van der Waals surface area contributed by atoms with E-state index < -0.39 is 21.7 Å². The zero-order valence-corrected chi connectivity index (χ0v) is 10.3. The summed E-state index contributed by atoms with van der Waals surface area (Å²) >= 11 is 0. The molecule has 7 nitrogen and oxygen atoms in total. The maximum Gasteiger partial charge on any atom is 0.320 e. The van der Waals surface area contributed by atoms with Gasteiger partial charge in [-0.25, -0.2) is 13.1 Å². The number of carboxylic acids is 1. The fourth-order valence-electron chi connectivity index (χ4n) is 1.14. The Labute approximate surface area is 105 Å². The van der Waals surface area contributed by atoms with Crippen molar-refractivity contribution in [3.05, 3.63) is 24.3 Å². The molecule has 1 aromatic rings. The summed E-state index contributed by atoms with van der Waals surface area (Å²) in [6.45, 7) is 0.1000. The lowest BCUT2D eigenvalue weighted by molar-refractivity contribution is -0.134. The van der Waals surface area contributed by atoms with E-state index in [1.807, 2.05) is 0 Å². The van der Waals surface area contributed by atoms with Gasteiger partial charge in [0.15, 0.2) is 5.75 Å². The third kappa shape index (κ3) is 5.51. The van der Waals surface area contributed by atoms with Crippen molar-refractivity contribution >= 4 is 21.7 Å². The van der Waals surface area contributed by atoms with Crippen LogP contribution in [0.15, 0.2) is 24.3 Å². The van der Waals surface area contributed by atoms with Crippen molar-refractivity contribution in [3.8, 4) is 5.75 Å². The van der Waals surface area contributed by atoms with Crippen molar-refractivity contribution in [2.45, 2.75) is 0 Å².